The van der Waals surface area contributed by atoms with Crippen molar-refractivity contribution in [3.63, 3.8) is 0 Å². The minimum atomic E-state index is -0.725. The van der Waals surface area contributed by atoms with Gasteiger partial charge in [0.15, 0.2) is 11.5 Å². The molecule has 3 N–H and O–H groups in total. The summed E-state index contributed by atoms with van der Waals surface area (Å²) in [5.41, 5.74) is 4.52. The molecule has 2 heterocycles. The molecule has 0 fully saturated rings. The topological polar surface area (TPSA) is 135 Å². The molecule has 0 radical (unpaired) electrons. The van der Waals surface area contributed by atoms with Crippen LogP contribution < -0.4 is 21.7 Å². The zero-order valence-corrected chi connectivity index (χ0v) is 16.6. The van der Waals surface area contributed by atoms with Crippen LogP contribution in [0.25, 0.3) is 16.5 Å². The lowest BCUT2D eigenvalue weighted by Crippen LogP contribution is -2.46. The van der Waals surface area contributed by atoms with Gasteiger partial charge in [-0.3, -0.25) is 30.0 Å². The van der Waals surface area contributed by atoms with Gasteiger partial charge in [-0.2, -0.15) is 9.78 Å². The van der Waals surface area contributed by atoms with Gasteiger partial charge in [0.2, 0.25) is 0 Å². The Morgan fingerprint density at radius 2 is 1.56 bits per heavy atom. The standard InChI is InChI=1S/C22H17N5O5/c28-18(13-23-20(29)17-11-6-12-32-17)24-25-21(30)19-15-9-4-5-10-16(15)22(31)27(26-19)14-7-2-1-3-8-14/h1-12H,13H2,(H,23,29)(H,24,28)(H,25,30). The van der Waals surface area contributed by atoms with Crippen molar-refractivity contribution in [2.45, 2.75) is 0 Å². The Morgan fingerprint density at radius 3 is 2.28 bits per heavy atom. The first-order valence-corrected chi connectivity index (χ1v) is 9.53. The molecule has 160 valence electrons. The highest BCUT2D eigenvalue weighted by atomic mass is 16.3. The molecule has 2 aromatic heterocycles. The summed E-state index contributed by atoms with van der Waals surface area (Å²) < 4.78 is 6.06. The van der Waals surface area contributed by atoms with Crippen LogP contribution in [0.5, 0.6) is 0 Å². The second-order valence-corrected chi connectivity index (χ2v) is 6.61. The van der Waals surface area contributed by atoms with Gasteiger partial charge in [0.1, 0.15) is 0 Å². The summed E-state index contributed by atoms with van der Waals surface area (Å²) in [5, 5.41) is 7.21. The predicted molar refractivity (Wildman–Crippen MR) is 114 cm³/mol. The average Bonchev–Trinajstić information content (AvgIpc) is 3.37. The van der Waals surface area contributed by atoms with E-state index in [0.717, 1.165) is 4.68 Å². The summed E-state index contributed by atoms with van der Waals surface area (Å²) in [5.74, 6) is -1.91. The highest BCUT2D eigenvalue weighted by Crippen LogP contribution is 2.15. The number of nitrogens with one attached hydrogen (secondary N) is 3. The number of aromatic nitrogens is 2. The molecule has 32 heavy (non-hydrogen) atoms. The number of fused-ring (bicyclic) bond motifs is 1. The maximum atomic E-state index is 12.9. The zero-order chi connectivity index (χ0) is 22.5. The first-order chi connectivity index (χ1) is 15.5. The predicted octanol–water partition coefficient (Wildman–Crippen LogP) is 1.17. The van der Waals surface area contributed by atoms with Crippen LogP contribution in [-0.4, -0.2) is 34.0 Å². The minimum absolute atomic E-state index is 0.0519. The van der Waals surface area contributed by atoms with Crippen molar-refractivity contribution in [1.29, 1.82) is 0 Å². The normalized spacial score (nSPS) is 10.5. The molecular formula is C22H17N5O5. The van der Waals surface area contributed by atoms with Crippen LogP contribution in [0, 0.1) is 0 Å². The number of hydrogen-bond acceptors (Lipinski definition) is 6. The summed E-state index contributed by atoms with van der Waals surface area (Å²) in [4.78, 5) is 49.5. The molecule has 2 aromatic carbocycles. The van der Waals surface area contributed by atoms with Gasteiger partial charge in [0, 0.05) is 5.39 Å². The fourth-order valence-corrected chi connectivity index (χ4v) is 2.99. The lowest BCUT2D eigenvalue weighted by molar-refractivity contribution is -0.120. The van der Waals surface area contributed by atoms with Gasteiger partial charge in [0.05, 0.1) is 23.9 Å². The maximum absolute atomic E-state index is 12.9. The number of para-hydroxylation sites is 1. The SMILES string of the molecule is O=C(CNC(=O)c1ccco1)NNC(=O)c1nn(-c2ccccc2)c(=O)c2ccccc12. The molecule has 0 saturated heterocycles. The Bertz CT molecular complexity index is 1350. The Morgan fingerprint density at radius 1 is 0.844 bits per heavy atom. The largest absolute Gasteiger partial charge is 0.459 e. The first-order valence-electron chi connectivity index (χ1n) is 9.53. The Balaban J connectivity index is 1.52. The highest BCUT2D eigenvalue weighted by Gasteiger charge is 2.18. The van der Waals surface area contributed by atoms with Crippen LogP contribution in [0.4, 0.5) is 0 Å². The number of hydrogen-bond donors (Lipinski definition) is 3. The van der Waals surface area contributed by atoms with Gasteiger partial charge >= 0.3 is 0 Å². The van der Waals surface area contributed by atoms with Gasteiger partial charge in [-0.15, -0.1) is 0 Å². The average molecular weight is 431 g/mol. The molecule has 0 saturated carbocycles. The molecule has 0 unspecified atom stereocenters. The van der Waals surface area contributed by atoms with Crippen LogP contribution in [0.15, 0.2) is 82.2 Å². The monoisotopic (exact) mass is 431 g/mol. The fraction of sp³-hybridized carbons (Fsp3) is 0.0455. The van der Waals surface area contributed by atoms with E-state index in [1.165, 1.54) is 12.3 Å². The van der Waals surface area contributed by atoms with Gasteiger partial charge in [-0.1, -0.05) is 36.4 Å². The molecule has 4 aromatic rings. The smallest absolute Gasteiger partial charge is 0.290 e. The highest BCUT2D eigenvalue weighted by molar-refractivity contribution is 6.05. The van der Waals surface area contributed by atoms with Crippen molar-refractivity contribution in [1.82, 2.24) is 25.9 Å². The second kappa shape index (κ2) is 8.96. The van der Waals surface area contributed by atoms with E-state index in [1.807, 2.05) is 0 Å². The zero-order valence-electron chi connectivity index (χ0n) is 16.6. The number of nitrogens with zero attached hydrogens (tertiary/aromatic N) is 2. The minimum Gasteiger partial charge on any atom is -0.459 e. The van der Waals surface area contributed by atoms with E-state index < -0.39 is 24.3 Å². The number of hydrazine groups is 1. The number of carbonyl (C=O) groups is 3. The maximum Gasteiger partial charge on any atom is 0.290 e. The molecular weight excluding hydrogens is 414 g/mol. The van der Waals surface area contributed by atoms with E-state index in [4.69, 9.17) is 4.42 Å². The lowest BCUT2D eigenvalue weighted by atomic mass is 10.1. The van der Waals surface area contributed by atoms with Crippen molar-refractivity contribution in [3.8, 4) is 5.69 Å². The van der Waals surface area contributed by atoms with Crippen LogP contribution in [0.2, 0.25) is 0 Å². The molecule has 0 aliphatic rings. The summed E-state index contributed by atoms with van der Waals surface area (Å²) in [6.07, 6.45) is 1.33. The van der Waals surface area contributed by atoms with Crippen molar-refractivity contribution >= 4 is 28.5 Å². The van der Waals surface area contributed by atoms with E-state index in [2.05, 4.69) is 21.3 Å². The number of rotatable bonds is 5. The summed E-state index contributed by atoms with van der Waals surface area (Å²) in [7, 11) is 0. The molecule has 0 bridgehead atoms. The molecule has 0 spiro atoms. The second-order valence-electron chi connectivity index (χ2n) is 6.61. The first kappa shape index (κ1) is 20.5. The molecule has 0 aliphatic heterocycles. The Labute approximate surface area is 180 Å². The van der Waals surface area contributed by atoms with Crippen molar-refractivity contribution in [2.24, 2.45) is 0 Å². The third kappa shape index (κ3) is 4.24. The summed E-state index contributed by atoms with van der Waals surface area (Å²) in [6.45, 7) is -0.391. The van der Waals surface area contributed by atoms with Crippen LogP contribution in [0.3, 0.4) is 0 Å². The molecule has 4 rings (SSSR count). The quantitative estimate of drug-likeness (QED) is 0.406. The summed E-state index contributed by atoms with van der Waals surface area (Å²) >= 11 is 0. The molecule has 10 nitrogen and oxygen atoms in total. The van der Waals surface area contributed by atoms with Gasteiger partial charge in [0.25, 0.3) is 23.3 Å². The van der Waals surface area contributed by atoms with Crippen LogP contribution in [0.1, 0.15) is 21.0 Å². The molecule has 3 amide bonds. The number of furan rings is 1. The van der Waals surface area contributed by atoms with Crippen molar-refractivity contribution in [3.05, 3.63) is 94.8 Å². The molecule has 0 atom stereocenters. The van der Waals surface area contributed by atoms with Gasteiger partial charge < -0.3 is 9.73 Å². The van der Waals surface area contributed by atoms with E-state index in [0.29, 0.717) is 16.5 Å². The lowest BCUT2D eigenvalue weighted by Gasteiger charge is -2.12. The van der Waals surface area contributed by atoms with Crippen LogP contribution >= 0.6 is 0 Å². The van der Waals surface area contributed by atoms with E-state index in [-0.39, 0.29) is 17.0 Å². The molecule has 10 heteroatoms. The van der Waals surface area contributed by atoms with E-state index >= 15 is 0 Å². The van der Waals surface area contributed by atoms with Crippen molar-refractivity contribution in [2.75, 3.05) is 6.54 Å². The van der Waals surface area contributed by atoms with Gasteiger partial charge in [-0.05, 0) is 30.3 Å². The van der Waals surface area contributed by atoms with Gasteiger partial charge in [-0.25, -0.2) is 0 Å². The molecule has 0 aliphatic carbocycles. The van der Waals surface area contributed by atoms with E-state index in [9.17, 15) is 19.2 Å². The Kier molecular flexibility index (Phi) is 5.75. The van der Waals surface area contributed by atoms with Crippen LogP contribution in [-0.2, 0) is 4.79 Å². The third-order valence-corrected chi connectivity index (χ3v) is 4.49. The van der Waals surface area contributed by atoms with Crippen molar-refractivity contribution < 1.29 is 18.8 Å². The number of benzene rings is 2. The summed E-state index contributed by atoms with van der Waals surface area (Å²) in [6, 6.07) is 18.2. The fourth-order valence-electron chi connectivity index (χ4n) is 2.99. The van der Waals surface area contributed by atoms with E-state index in [1.54, 1.807) is 60.7 Å². The Hall–Kier alpha value is -4.73. The third-order valence-electron chi connectivity index (χ3n) is 4.49. The number of carbonyl (C=O) groups excluding carboxylic acids is 3. The number of amides is 3.